The quantitative estimate of drug-likeness (QED) is 0.508. The third kappa shape index (κ3) is 3.49. The van der Waals surface area contributed by atoms with Crippen LogP contribution in [-0.4, -0.2) is 40.9 Å². The van der Waals surface area contributed by atoms with Gasteiger partial charge in [-0.2, -0.15) is 9.61 Å². The van der Waals surface area contributed by atoms with Gasteiger partial charge in [-0.15, -0.1) is 0 Å². The normalized spacial score (nSPS) is 14.4. The number of aromatic nitrogens is 3. The summed E-state index contributed by atoms with van der Waals surface area (Å²) in [5, 5.41) is 5.01. The van der Waals surface area contributed by atoms with E-state index in [-0.39, 0.29) is 5.82 Å². The molecule has 0 atom stereocenters. The number of anilines is 2. The van der Waals surface area contributed by atoms with E-state index < -0.39 is 0 Å². The highest BCUT2D eigenvalue weighted by molar-refractivity contribution is 6.30. The SMILES string of the molecule is Cc1nc2c(-c3ccc(N4CCOCC4)cc3F)cnn2c(N)c1-c1cccc(Cl)c1. The van der Waals surface area contributed by atoms with E-state index >= 15 is 4.39 Å². The number of nitrogens with two attached hydrogens (primary N) is 1. The molecule has 2 aromatic carbocycles. The molecular formula is C23H21ClFN5O. The van der Waals surface area contributed by atoms with Crippen LogP contribution in [0.15, 0.2) is 48.7 Å². The van der Waals surface area contributed by atoms with E-state index in [4.69, 9.17) is 27.1 Å². The predicted octanol–water partition coefficient (Wildman–Crippen LogP) is 4.58. The molecule has 1 aliphatic heterocycles. The summed E-state index contributed by atoms with van der Waals surface area (Å²) in [6.45, 7) is 4.67. The first kappa shape index (κ1) is 19.8. The van der Waals surface area contributed by atoms with Gasteiger partial charge in [0.2, 0.25) is 0 Å². The molecule has 3 heterocycles. The van der Waals surface area contributed by atoms with Gasteiger partial charge in [0, 0.05) is 40.5 Å². The number of aryl methyl sites for hydroxylation is 1. The van der Waals surface area contributed by atoms with Crippen LogP contribution in [0.2, 0.25) is 5.02 Å². The van der Waals surface area contributed by atoms with Crippen LogP contribution in [0.5, 0.6) is 0 Å². The van der Waals surface area contributed by atoms with Gasteiger partial charge in [0.15, 0.2) is 5.65 Å². The Bertz CT molecular complexity index is 1280. The van der Waals surface area contributed by atoms with Gasteiger partial charge in [-0.1, -0.05) is 23.7 Å². The van der Waals surface area contributed by atoms with Crippen LogP contribution in [0.1, 0.15) is 5.69 Å². The molecule has 2 aromatic heterocycles. The summed E-state index contributed by atoms with van der Waals surface area (Å²) < 4.78 is 22.0. The van der Waals surface area contributed by atoms with Gasteiger partial charge in [-0.05, 0) is 42.8 Å². The van der Waals surface area contributed by atoms with Gasteiger partial charge in [0.25, 0.3) is 0 Å². The summed E-state index contributed by atoms with van der Waals surface area (Å²) in [5.41, 5.74) is 11.2. The van der Waals surface area contributed by atoms with Crippen LogP contribution in [0.4, 0.5) is 15.9 Å². The predicted molar refractivity (Wildman–Crippen MR) is 121 cm³/mol. The molecule has 1 aliphatic rings. The molecule has 158 valence electrons. The van der Waals surface area contributed by atoms with Crippen molar-refractivity contribution in [2.24, 2.45) is 0 Å². The lowest BCUT2D eigenvalue weighted by molar-refractivity contribution is 0.122. The minimum absolute atomic E-state index is 0.323. The van der Waals surface area contributed by atoms with E-state index in [1.54, 1.807) is 28.9 Å². The van der Waals surface area contributed by atoms with Gasteiger partial charge in [-0.25, -0.2) is 9.37 Å². The zero-order valence-corrected chi connectivity index (χ0v) is 17.7. The lowest BCUT2D eigenvalue weighted by Crippen LogP contribution is -2.36. The van der Waals surface area contributed by atoms with Crippen LogP contribution in [0.25, 0.3) is 27.9 Å². The van der Waals surface area contributed by atoms with E-state index in [2.05, 4.69) is 10.00 Å². The van der Waals surface area contributed by atoms with Crippen molar-refractivity contribution in [3.05, 3.63) is 65.2 Å². The Morgan fingerprint density at radius 1 is 1.10 bits per heavy atom. The number of ether oxygens (including phenoxy) is 1. The summed E-state index contributed by atoms with van der Waals surface area (Å²) in [7, 11) is 0. The maximum atomic E-state index is 15.1. The zero-order chi connectivity index (χ0) is 21.5. The van der Waals surface area contributed by atoms with Crippen molar-refractivity contribution in [1.82, 2.24) is 14.6 Å². The molecule has 0 spiro atoms. The first-order valence-corrected chi connectivity index (χ1v) is 10.4. The molecule has 4 aromatic rings. The Hall–Kier alpha value is -3.16. The van der Waals surface area contributed by atoms with Crippen LogP contribution < -0.4 is 10.6 Å². The lowest BCUT2D eigenvalue weighted by Gasteiger charge is -2.29. The minimum atomic E-state index is -0.323. The molecule has 31 heavy (non-hydrogen) atoms. The summed E-state index contributed by atoms with van der Waals surface area (Å²) in [4.78, 5) is 6.83. The standard InChI is InChI=1S/C23H21ClFN5O/c1-14-21(15-3-2-4-16(24)11-15)22(26)30-23(28-14)19(13-27-30)18-6-5-17(12-20(18)25)29-7-9-31-10-8-29/h2-6,11-13H,7-10,26H2,1H3. The number of halogens is 2. The van der Waals surface area contributed by atoms with Crippen LogP contribution >= 0.6 is 11.6 Å². The second-order valence-electron chi connectivity index (χ2n) is 7.53. The Kier molecular flexibility index (Phi) is 5.00. The Morgan fingerprint density at radius 2 is 1.90 bits per heavy atom. The van der Waals surface area contributed by atoms with Crippen molar-refractivity contribution in [1.29, 1.82) is 0 Å². The van der Waals surface area contributed by atoms with Gasteiger partial charge >= 0.3 is 0 Å². The highest BCUT2D eigenvalue weighted by Gasteiger charge is 2.20. The zero-order valence-electron chi connectivity index (χ0n) is 17.0. The van der Waals surface area contributed by atoms with Crippen LogP contribution in [0.3, 0.4) is 0 Å². The van der Waals surface area contributed by atoms with E-state index in [0.29, 0.717) is 40.8 Å². The van der Waals surface area contributed by atoms with Crippen molar-refractivity contribution in [2.75, 3.05) is 36.9 Å². The number of nitrogen functional groups attached to an aromatic ring is 1. The van der Waals surface area contributed by atoms with Crippen molar-refractivity contribution in [3.63, 3.8) is 0 Å². The van der Waals surface area contributed by atoms with Gasteiger partial charge in [-0.3, -0.25) is 0 Å². The Labute approximate surface area is 184 Å². The number of nitrogens with zero attached hydrogens (tertiary/aromatic N) is 4. The topological polar surface area (TPSA) is 68.7 Å². The van der Waals surface area contributed by atoms with E-state index in [0.717, 1.165) is 35.6 Å². The molecule has 8 heteroatoms. The lowest BCUT2D eigenvalue weighted by atomic mass is 10.0. The largest absolute Gasteiger partial charge is 0.383 e. The third-order valence-electron chi connectivity index (χ3n) is 5.60. The van der Waals surface area contributed by atoms with E-state index in [1.807, 2.05) is 31.2 Å². The molecule has 5 rings (SSSR count). The highest BCUT2D eigenvalue weighted by Crippen LogP contribution is 2.35. The number of hydrogen-bond donors (Lipinski definition) is 1. The van der Waals surface area contributed by atoms with Crippen LogP contribution in [0, 0.1) is 12.7 Å². The fraction of sp³-hybridized carbons (Fsp3) is 0.217. The van der Waals surface area contributed by atoms with Gasteiger partial charge < -0.3 is 15.4 Å². The van der Waals surface area contributed by atoms with E-state index in [1.165, 1.54) is 0 Å². The fourth-order valence-electron chi connectivity index (χ4n) is 4.06. The molecule has 0 bridgehead atoms. The number of rotatable bonds is 3. The maximum absolute atomic E-state index is 15.1. The molecule has 1 fully saturated rings. The van der Waals surface area contributed by atoms with Crippen molar-refractivity contribution in [3.8, 4) is 22.3 Å². The highest BCUT2D eigenvalue weighted by atomic mass is 35.5. The third-order valence-corrected chi connectivity index (χ3v) is 5.83. The van der Waals surface area contributed by atoms with Crippen molar-refractivity contribution >= 4 is 28.8 Å². The summed E-state index contributed by atoms with van der Waals surface area (Å²) in [5.74, 6) is 0.109. The molecular weight excluding hydrogens is 417 g/mol. The molecule has 0 amide bonds. The second kappa shape index (κ2) is 7.83. The Balaban J connectivity index is 1.59. The average Bonchev–Trinajstić information content (AvgIpc) is 3.18. The molecule has 6 nitrogen and oxygen atoms in total. The van der Waals surface area contributed by atoms with Gasteiger partial charge in [0.05, 0.1) is 25.1 Å². The van der Waals surface area contributed by atoms with E-state index in [9.17, 15) is 0 Å². The molecule has 0 saturated carbocycles. The summed E-state index contributed by atoms with van der Waals surface area (Å²) in [6.07, 6.45) is 1.60. The van der Waals surface area contributed by atoms with Crippen molar-refractivity contribution in [2.45, 2.75) is 6.92 Å². The first-order valence-electron chi connectivity index (χ1n) is 10.1. The smallest absolute Gasteiger partial charge is 0.165 e. The van der Waals surface area contributed by atoms with Gasteiger partial charge in [0.1, 0.15) is 11.6 Å². The fourth-order valence-corrected chi connectivity index (χ4v) is 4.25. The minimum Gasteiger partial charge on any atom is -0.383 e. The van der Waals surface area contributed by atoms with Crippen molar-refractivity contribution < 1.29 is 9.13 Å². The first-order chi connectivity index (χ1) is 15.0. The molecule has 0 radical (unpaired) electrons. The molecule has 1 saturated heterocycles. The Morgan fingerprint density at radius 3 is 2.65 bits per heavy atom. The molecule has 0 unspecified atom stereocenters. The second-order valence-corrected chi connectivity index (χ2v) is 7.96. The number of benzene rings is 2. The average molecular weight is 438 g/mol. The molecule has 0 aliphatic carbocycles. The maximum Gasteiger partial charge on any atom is 0.165 e. The number of fused-ring (bicyclic) bond motifs is 1. The molecule has 2 N–H and O–H groups in total. The monoisotopic (exact) mass is 437 g/mol. The summed E-state index contributed by atoms with van der Waals surface area (Å²) in [6, 6.07) is 12.7. The number of morpholine rings is 1. The number of hydrogen-bond acceptors (Lipinski definition) is 5. The summed E-state index contributed by atoms with van der Waals surface area (Å²) >= 11 is 6.15. The van der Waals surface area contributed by atoms with Crippen LogP contribution in [-0.2, 0) is 4.74 Å².